The predicted octanol–water partition coefficient (Wildman–Crippen LogP) is 1.96. The smallest absolute Gasteiger partial charge is 0.340 e. The molecule has 2 rings (SSSR count). The highest BCUT2D eigenvalue weighted by atomic mass is 32.2. The molecular weight excluding hydrogens is 448 g/mol. The van der Waals surface area contributed by atoms with Crippen molar-refractivity contribution in [1.82, 2.24) is 14.9 Å². The average molecular weight is 483 g/mol. The van der Waals surface area contributed by atoms with E-state index < -0.39 is 34.5 Å². The number of rotatable bonds is 10. The van der Waals surface area contributed by atoms with Crippen molar-refractivity contribution in [2.24, 2.45) is 5.92 Å². The number of amides is 3. The summed E-state index contributed by atoms with van der Waals surface area (Å²) in [6, 6.07) is 3.73. The summed E-state index contributed by atoms with van der Waals surface area (Å²) in [4.78, 5) is 38.6. The molecule has 0 unspecified atom stereocenters. The fourth-order valence-electron chi connectivity index (χ4n) is 3.50. The van der Waals surface area contributed by atoms with Crippen LogP contribution in [0, 0.1) is 5.92 Å². The van der Waals surface area contributed by atoms with Gasteiger partial charge in [-0.1, -0.05) is 27.7 Å². The Hall–Kier alpha value is -2.66. The zero-order valence-corrected chi connectivity index (χ0v) is 20.5. The quantitative estimate of drug-likeness (QED) is 0.488. The van der Waals surface area contributed by atoms with Gasteiger partial charge in [0, 0.05) is 32.7 Å². The third kappa shape index (κ3) is 7.16. The van der Waals surface area contributed by atoms with Crippen molar-refractivity contribution in [2.45, 2.75) is 45.4 Å². The van der Waals surface area contributed by atoms with E-state index >= 15 is 0 Å². The Morgan fingerprint density at radius 1 is 1.12 bits per heavy atom. The number of urea groups is 1. The second-order valence-electron chi connectivity index (χ2n) is 8.19. The minimum atomic E-state index is -3.78. The summed E-state index contributed by atoms with van der Waals surface area (Å²) in [6.07, 6.45) is 1.92. The van der Waals surface area contributed by atoms with E-state index in [0.717, 1.165) is 25.9 Å². The van der Waals surface area contributed by atoms with Crippen LogP contribution in [0.15, 0.2) is 23.1 Å². The van der Waals surface area contributed by atoms with E-state index in [1.807, 2.05) is 18.7 Å². The standard InChI is InChI=1S/C22H34N4O6S/c1-5-26(6-2)33(30,31)17-9-10-19(25-11-7-8-12-25)18(13-17)21(28)32-15-20(27)24-22(29)23-14-16(3)4/h9-10,13,16H,5-8,11-12,14-15H2,1-4H3,(H2,23,24,27,29). The summed E-state index contributed by atoms with van der Waals surface area (Å²) in [7, 11) is -3.78. The molecule has 1 heterocycles. The molecule has 1 aliphatic rings. The van der Waals surface area contributed by atoms with Crippen LogP contribution in [0.25, 0.3) is 0 Å². The van der Waals surface area contributed by atoms with Crippen molar-refractivity contribution in [3.63, 3.8) is 0 Å². The van der Waals surface area contributed by atoms with Crippen LogP contribution in [0.1, 0.15) is 50.9 Å². The first-order valence-electron chi connectivity index (χ1n) is 11.2. The van der Waals surface area contributed by atoms with Crippen molar-refractivity contribution >= 4 is 33.6 Å². The molecule has 0 aliphatic carbocycles. The van der Waals surface area contributed by atoms with E-state index in [1.165, 1.54) is 16.4 Å². The summed E-state index contributed by atoms with van der Waals surface area (Å²) in [6.45, 7) is 9.10. The Balaban J connectivity index is 2.20. The van der Waals surface area contributed by atoms with Gasteiger partial charge in [-0.05, 0) is 37.0 Å². The van der Waals surface area contributed by atoms with E-state index in [2.05, 4.69) is 10.6 Å². The van der Waals surface area contributed by atoms with Gasteiger partial charge in [0.15, 0.2) is 6.61 Å². The molecule has 11 heteroatoms. The molecule has 1 saturated heterocycles. The average Bonchev–Trinajstić information content (AvgIpc) is 3.31. The Morgan fingerprint density at radius 2 is 1.76 bits per heavy atom. The fourth-order valence-corrected chi connectivity index (χ4v) is 4.98. The molecular formula is C22H34N4O6S. The van der Waals surface area contributed by atoms with Gasteiger partial charge in [-0.2, -0.15) is 4.31 Å². The van der Waals surface area contributed by atoms with Crippen molar-refractivity contribution in [1.29, 1.82) is 0 Å². The number of nitrogens with zero attached hydrogens (tertiary/aromatic N) is 2. The molecule has 1 aliphatic heterocycles. The number of carbonyl (C=O) groups is 3. The minimum absolute atomic E-state index is 0.0152. The normalized spacial score (nSPS) is 13.9. The summed E-state index contributed by atoms with van der Waals surface area (Å²) in [5.74, 6) is -1.39. The lowest BCUT2D eigenvalue weighted by molar-refractivity contribution is -0.123. The molecule has 1 aromatic rings. The number of sulfonamides is 1. The SMILES string of the molecule is CCN(CC)S(=O)(=O)c1ccc(N2CCCC2)c(C(=O)OCC(=O)NC(=O)NCC(C)C)c1. The molecule has 0 atom stereocenters. The van der Waals surface area contributed by atoms with Gasteiger partial charge in [-0.25, -0.2) is 18.0 Å². The molecule has 0 saturated carbocycles. The number of imide groups is 1. The van der Waals surface area contributed by atoms with Crippen LogP contribution in [-0.4, -0.2) is 70.0 Å². The van der Waals surface area contributed by atoms with E-state index in [0.29, 0.717) is 25.3 Å². The van der Waals surface area contributed by atoms with E-state index in [9.17, 15) is 22.8 Å². The Bertz CT molecular complexity index is 954. The molecule has 10 nitrogen and oxygen atoms in total. The highest BCUT2D eigenvalue weighted by Crippen LogP contribution is 2.29. The Kier molecular flexibility index (Phi) is 9.66. The molecule has 33 heavy (non-hydrogen) atoms. The lowest BCUT2D eigenvalue weighted by Crippen LogP contribution is -2.42. The maximum atomic E-state index is 13.0. The van der Waals surface area contributed by atoms with Crippen LogP contribution < -0.4 is 15.5 Å². The zero-order chi connectivity index (χ0) is 24.6. The number of carbonyl (C=O) groups excluding carboxylic acids is 3. The Labute approximate surface area is 195 Å². The fraction of sp³-hybridized carbons (Fsp3) is 0.591. The summed E-state index contributed by atoms with van der Waals surface area (Å²) < 4.78 is 32.3. The van der Waals surface area contributed by atoms with Crippen molar-refractivity contribution < 1.29 is 27.5 Å². The van der Waals surface area contributed by atoms with Crippen LogP contribution in [-0.2, 0) is 19.6 Å². The predicted molar refractivity (Wildman–Crippen MR) is 125 cm³/mol. The summed E-state index contributed by atoms with van der Waals surface area (Å²) in [5.41, 5.74) is 0.633. The molecule has 184 valence electrons. The summed E-state index contributed by atoms with van der Waals surface area (Å²) in [5, 5.41) is 4.63. The molecule has 0 aromatic heterocycles. The monoisotopic (exact) mass is 482 g/mol. The lowest BCUT2D eigenvalue weighted by atomic mass is 10.1. The van der Waals surface area contributed by atoms with Gasteiger partial charge in [0.1, 0.15) is 0 Å². The topological polar surface area (TPSA) is 125 Å². The number of nitrogens with one attached hydrogen (secondary N) is 2. The van der Waals surface area contributed by atoms with Gasteiger partial charge in [-0.15, -0.1) is 0 Å². The van der Waals surface area contributed by atoms with E-state index in [1.54, 1.807) is 19.9 Å². The maximum Gasteiger partial charge on any atom is 0.340 e. The third-order valence-electron chi connectivity index (χ3n) is 5.24. The van der Waals surface area contributed by atoms with Crippen molar-refractivity contribution in [3.8, 4) is 0 Å². The molecule has 3 amide bonds. The van der Waals surface area contributed by atoms with E-state index in [-0.39, 0.29) is 16.4 Å². The van der Waals surface area contributed by atoms with Gasteiger partial charge in [0.25, 0.3) is 5.91 Å². The molecule has 0 bridgehead atoms. The second kappa shape index (κ2) is 12.0. The van der Waals surface area contributed by atoms with E-state index in [4.69, 9.17) is 4.74 Å². The van der Waals surface area contributed by atoms with Crippen LogP contribution in [0.5, 0.6) is 0 Å². The molecule has 1 fully saturated rings. The van der Waals surface area contributed by atoms with Crippen LogP contribution in [0.2, 0.25) is 0 Å². The lowest BCUT2D eigenvalue weighted by Gasteiger charge is -2.23. The first kappa shape index (κ1) is 26.6. The molecule has 0 radical (unpaired) electrons. The van der Waals surface area contributed by atoms with Crippen molar-refractivity contribution in [2.75, 3.05) is 44.2 Å². The Morgan fingerprint density at radius 3 is 2.33 bits per heavy atom. The number of hydrogen-bond acceptors (Lipinski definition) is 7. The first-order chi connectivity index (χ1) is 15.6. The highest BCUT2D eigenvalue weighted by Gasteiger charge is 2.27. The van der Waals surface area contributed by atoms with Gasteiger partial charge >= 0.3 is 12.0 Å². The van der Waals surface area contributed by atoms with Gasteiger partial charge in [0.2, 0.25) is 10.0 Å². The van der Waals surface area contributed by atoms with Crippen LogP contribution in [0.3, 0.4) is 0 Å². The number of ether oxygens (including phenoxy) is 1. The van der Waals surface area contributed by atoms with Crippen LogP contribution >= 0.6 is 0 Å². The molecule has 1 aromatic carbocycles. The van der Waals surface area contributed by atoms with Gasteiger partial charge in [-0.3, -0.25) is 10.1 Å². The van der Waals surface area contributed by atoms with Gasteiger partial charge in [0.05, 0.1) is 16.1 Å². The zero-order valence-electron chi connectivity index (χ0n) is 19.7. The first-order valence-corrected chi connectivity index (χ1v) is 12.7. The number of benzene rings is 1. The van der Waals surface area contributed by atoms with Crippen LogP contribution in [0.4, 0.5) is 10.5 Å². The molecule has 0 spiro atoms. The highest BCUT2D eigenvalue weighted by molar-refractivity contribution is 7.89. The minimum Gasteiger partial charge on any atom is -0.452 e. The maximum absolute atomic E-state index is 13.0. The number of anilines is 1. The van der Waals surface area contributed by atoms with Crippen molar-refractivity contribution in [3.05, 3.63) is 23.8 Å². The number of hydrogen-bond donors (Lipinski definition) is 2. The number of esters is 1. The summed E-state index contributed by atoms with van der Waals surface area (Å²) >= 11 is 0. The second-order valence-corrected chi connectivity index (χ2v) is 10.1. The van der Waals surface area contributed by atoms with Gasteiger partial charge < -0.3 is 15.0 Å². The molecule has 2 N–H and O–H groups in total. The largest absolute Gasteiger partial charge is 0.452 e. The third-order valence-corrected chi connectivity index (χ3v) is 7.28.